The van der Waals surface area contributed by atoms with Crippen LogP contribution in [0.5, 0.6) is 0 Å². The van der Waals surface area contributed by atoms with Crippen LogP contribution in [-0.2, 0) is 4.79 Å². The third kappa shape index (κ3) is 5.10. The molecule has 0 aromatic carbocycles. The van der Waals surface area contributed by atoms with E-state index in [1.165, 1.54) is 6.08 Å². The van der Waals surface area contributed by atoms with Crippen molar-refractivity contribution in [2.75, 3.05) is 0 Å². The van der Waals surface area contributed by atoms with Crippen LogP contribution in [0.15, 0.2) is 10.6 Å². The summed E-state index contributed by atoms with van der Waals surface area (Å²) in [7, 11) is 0. The number of carbonyl (C=O) groups is 1. The van der Waals surface area contributed by atoms with Crippen molar-refractivity contribution in [3.05, 3.63) is 10.6 Å². The Hall–Kier alpha value is 0.280. The van der Waals surface area contributed by atoms with Gasteiger partial charge in [-0.3, -0.25) is 4.79 Å². The van der Waals surface area contributed by atoms with Crippen LogP contribution in [-0.4, -0.2) is 11.2 Å². The Labute approximate surface area is 74.9 Å². The average molecular weight is 201 g/mol. The molecule has 0 amide bonds. The normalized spacial score (nSPS) is 12.4. The number of halogens is 3. The molecule has 0 fully saturated rings. The van der Waals surface area contributed by atoms with Crippen molar-refractivity contribution in [2.24, 2.45) is 0 Å². The van der Waals surface area contributed by atoms with E-state index in [1.54, 1.807) is 6.92 Å². The van der Waals surface area contributed by atoms with E-state index in [4.69, 9.17) is 34.8 Å². The highest BCUT2D eigenvalue weighted by Crippen LogP contribution is 2.09. The molecule has 0 saturated carbocycles. The summed E-state index contributed by atoms with van der Waals surface area (Å²) in [6, 6.07) is 0. The number of allylic oxidation sites excluding steroid dienone is 1. The third-order valence-corrected chi connectivity index (χ3v) is 1.45. The summed E-state index contributed by atoms with van der Waals surface area (Å²) < 4.78 is 0.102. The molecular weight excluding hydrogens is 194 g/mol. The molecule has 0 aromatic rings. The molecule has 10 heavy (non-hydrogen) atoms. The molecule has 58 valence electrons. The molecule has 1 unspecified atom stereocenters. The first-order valence-electron chi connectivity index (χ1n) is 2.72. The van der Waals surface area contributed by atoms with Gasteiger partial charge in [0, 0.05) is 6.42 Å². The molecule has 0 aromatic heterocycles. The molecule has 4 heteroatoms. The van der Waals surface area contributed by atoms with Crippen LogP contribution in [0.2, 0.25) is 0 Å². The van der Waals surface area contributed by atoms with Crippen molar-refractivity contribution in [1.82, 2.24) is 0 Å². The number of ketones is 1. The van der Waals surface area contributed by atoms with Crippen LogP contribution in [0.1, 0.15) is 13.3 Å². The summed E-state index contributed by atoms with van der Waals surface area (Å²) >= 11 is 16.0. The topological polar surface area (TPSA) is 17.1 Å². The lowest BCUT2D eigenvalue weighted by Gasteiger charge is -1.95. The summed E-state index contributed by atoms with van der Waals surface area (Å²) in [6.45, 7) is 1.61. The largest absolute Gasteiger partial charge is 0.298 e. The second-order valence-electron chi connectivity index (χ2n) is 1.78. The first kappa shape index (κ1) is 10.3. The number of rotatable bonds is 3. The summed E-state index contributed by atoms with van der Waals surface area (Å²) in [6.07, 6.45) is 1.62. The Morgan fingerprint density at radius 3 is 2.40 bits per heavy atom. The van der Waals surface area contributed by atoms with Gasteiger partial charge < -0.3 is 0 Å². The second kappa shape index (κ2) is 5.00. The SMILES string of the molecule is CC(Cl)C(=O)CC=C(Cl)Cl. The maximum Gasteiger partial charge on any atom is 0.154 e. The predicted molar refractivity (Wildman–Crippen MR) is 44.7 cm³/mol. The van der Waals surface area contributed by atoms with Gasteiger partial charge in [-0.25, -0.2) is 0 Å². The van der Waals surface area contributed by atoms with Crippen LogP contribution in [0.4, 0.5) is 0 Å². The quantitative estimate of drug-likeness (QED) is 0.642. The number of Topliss-reactive ketones (excluding diaryl/α,β-unsaturated/α-hetero) is 1. The number of hydrogen-bond acceptors (Lipinski definition) is 1. The Kier molecular flexibility index (Phi) is 5.14. The van der Waals surface area contributed by atoms with Crippen molar-refractivity contribution in [1.29, 1.82) is 0 Å². The Balaban J connectivity index is 3.71. The van der Waals surface area contributed by atoms with Gasteiger partial charge in [-0.2, -0.15) is 0 Å². The Morgan fingerprint density at radius 1 is 1.60 bits per heavy atom. The van der Waals surface area contributed by atoms with E-state index in [9.17, 15) is 4.79 Å². The van der Waals surface area contributed by atoms with E-state index in [0.717, 1.165) is 0 Å². The highest BCUT2D eigenvalue weighted by atomic mass is 35.5. The van der Waals surface area contributed by atoms with Gasteiger partial charge in [0.15, 0.2) is 5.78 Å². The second-order valence-corrected chi connectivity index (χ2v) is 3.44. The molecule has 0 spiro atoms. The number of alkyl halides is 1. The monoisotopic (exact) mass is 200 g/mol. The van der Waals surface area contributed by atoms with E-state index in [-0.39, 0.29) is 16.7 Å². The van der Waals surface area contributed by atoms with Crippen LogP contribution in [0.3, 0.4) is 0 Å². The zero-order valence-corrected chi connectivity index (χ0v) is 7.67. The van der Waals surface area contributed by atoms with E-state index < -0.39 is 5.38 Å². The van der Waals surface area contributed by atoms with Gasteiger partial charge in [-0.05, 0) is 13.0 Å². The summed E-state index contributed by atoms with van der Waals surface area (Å²) in [4.78, 5) is 10.8. The van der Waals surface area contributed by atoms with Gasteiger partial charge in [0.2, 0.25) is 0 Å². The van der Waals surface area contributed by atoms with Crippen molar-refractivity contribution >= 4 is 40.6 Å². The van der Waals surface area contributed by atoms with Crippen LogP contribution >= 0.6 is 34.8 Å². The fraction of sp³-hybridized carbons (Fsp3) is 0.500. The lowest BCUT2D eigenvalue weighted by molar-refractivity contribution is -0.117. The molecule has 0 aliphatic carbocycles. The van der Waals surface area contributed by atoms with Crippen LogP contribution in [0, 0.1) is 0 Å². The molecule has 1 nitrogen and oxygen atoms in total. The Morgan fingerprint density at radius 2 is 2.10 bits per heavy atom. The van der Waals surface area contributed by atoms with Crippen molar-refractivity contribution < 1.29 is 4.79 Å². The zero-order valence-electron chi connectivity index (χ0n) is 5.40. The first-order chi connectivity index (χ1) is 4.54. The van der Waals surface area contributed by atoms with E-state index in [2.05, 4.69) is 0 Å². The van der Waals surface area contributed by atoms with Crippen LogP contribution < -0.4 is 0 Å². The van der Waals surface area contributed by atoms with Crippen molar-refractivity contribution in [2.45, 2.75) is 18.7 Å². The lowest BCUT2D eigenvalue weighted by Crippen LogP contribution is -2.07. The maximum atomic E-state index is 10.8. The highest BCUT2D eigenvalue weighted by Gasteiger charge is 2.06. The molecule has 1 atom stereocenters. The minimum absolute atomic E-state index is 0.0829. The van der Waals surface area contributed by atoms with Gasteiger partial charge in [0.05, 0.1) is 5.38 Å². The fourth-order valence-corrected chi connectivity index (χ4v) is 0.584. The number of hydrogen-bond donors (Lipinski definition) is 0. The minimum Gasteiger partial charge on any atom is -0.298 e. The molecule has 0 bridgehead atoms. The van der Waals surface area contributed by atoms with Gasteiger partial charge in [0.25, 0.3) is 0 Å². The molecule has 0 saturated heterocycles. The first-order valence-corrected chi connectivity index (χ1v) is 3.91. The molecule has 0 rings (SSSR count). The van der Waals surface area contributed by atoms with E-state index in [0.29, 0.717) is 0 Å². The molecule has 0 aliphatic rings. The fourth-order valence-electron chi connectivity index (χ4n) is 0.340. The molecule has 0 aliphatic heterocycles. The van der Waals surface area contributed by atoms with Crippen molar-refractivity contribution in [3.63, 3.8) is 0 Å². The van der Waals surface area contributed by atoms with Crippen molar-refractivity contribution in [3.8, 4) is 0 Å². The van der Waals surface area contributed by atoms with Gasteiger partial charge in [-0.1, -0.05) is 23.2 Å². The zero-order chi connectivity index (χ0) is 8.15. The molecule has 0 N–H and O–H groups in total. The van der Waals surface area contributed by atoms with Gasteiger partial charge >= 0.3 is 0 Å². The maximum absolute atomic E-state index is 10.8. The summed E-state index contributed by atoms with van der Waals surface area (Å²) in [5.41, 5.74) is 0. The molecular formula is C6H7Cl3O. The Bertz CT molecular complexity index is 147. The summed E-state index contributed by atoms with van der Waals surface area (Å²) in [5, 5.41) is -0.469. The molecule has 0 radical (unpaired) electrons. The smallest absolute Gasteiger partial charge is 0.154 e. The minimum atomic E-state index is -0.469. The predicted octanol–water partition coefficient (Wildman–Crippen LogP) is 2.89. The lowest BCUT2D eigenvalue weighted by atomic mass is 10.2. The van der Waals surface area contributed by atoms with E-state index in [1.807, 2.05) is 0 Å². The van der Waals surface area contributed by atoms with Crippen LogP contribution in [0.25, 0.3) is 0 Å². The third-order valence-electron chi connectivity index (χ3n) is 0.901. The standard InChI is InChI=1S/C6H7Cl3O/c1-4(7)5(10)2-3-6(8)9/h3-4H,2H2,1H3. The average Bonchev–Trinajstić information content (AvgIpc) is 1.82. The van der Waals surface area contributed by atoms with Gasteiger partial charge in [0.1, 0.15) is 4.49 Å². The summed E-state index contributed by atoms with van der Waals surface area (Å²) in [5.74, 6) is -0.0829. The number of carbonyl (C=O) groups excluding carboxylic acids is 1. The molecule has 0 heterocycles. The van der Waals surface area contributed by atoms with Gasteiger partial charge in [-0.15, -0.1) is 11.6 Å². The van der Waals surface area contributed by atoms with E-state index >= 15 is 0 Å². The highest BCUT2D eigenvalue weighted by molar-refractivity contribution is 6.55.